The van der Waals surface area contributed by atoms with Gasteiger partial charge in [0, 0.05) is 12.2 Å². The number of amides is 1. The van der Waals surface area contributed by atoms with Gasteiger partial charge in [-0.15, -0.1) is 0 Å². The molecule has 3 aromatic carbocycles. The number of hydrogen-bond acceptors (Lipinski definition) is 4. The molecule has 0 aliphatic heterocycles. The second-order valence-electron chi connectivity index (χ2n) is 9.76. The van der Waals surface area contributed by atoms with Gasteiger partial charge in [0.15, 0.2) is 11.2 Å². The molecule has 39 heavy (non-hydrogen) atoms. The summed E-state index contributed by atoms with van der Waals surface area (Å²) in [5.74, 6) is -0.0332. The van der Waals surface area contributed by atoms with E-state index in [2.05, 4.69) is 24.1 Å². The molecule has 8 heteroatoms. The molecule has 0 unspecified atom stereocenters. The van der Waals surface area contributed by atoms with E-state index in [4.69, 9.17) is 0 Å². The minimum Gasteiger partial charge on any atom is -0.325 e. The van der Waals surface area contributed by atoms with Crippen LogP contribution in [0.25, 0.3) is 11.2 Å². The largest absolute Gasteiger partial charge is 0.333 e. The van der Waals surface area contributed by atoms with Crippen molar-refractivity contribution in [1.29, 1.82) is 0 Å². The van der Waals surface area contributed by atoms with Crippen LogP contribution in [0.5, 0.6) is 0 Å². The van der Waals surface area contributed by atoms with Crippen LogP contribution in [0.1, 0.15) is 42.9 Å². The minimum atomic E-state index is -0.580. The van der Waals surface area contributed by atoms with Gasteiger partial charge in [-0.2, -0.15) is 0 Å². The Bertz CT molecular complexity index is 1700. The van der Waals surface area contributed by atoms with E-state index >= 15 is 0 Å². The molecular formula is C31H31N5O3. The number of anilines is 1. The van der Waals surface area contributed by atoms with Gasteiger partial charge >= 0.3 is 5.69 Å². The van der Waals surface area contributed by atoms with E-state index < -0.39 is 23.7 Å². The first-order valence-corrected chi connectivity index (χ1v) is 13.1. The summed E-state index contributed by atoms with van der Waals surface area (Å²) < 4.78 is 4.19. The quantitative estimate of drug-likeness (QED) is 0.307. The Morgan fingerprint density at radius 2 is 1.46 bits per heavy atom. The lowest BCUT2D eigenvalue weighted by Gasteiger charge is -2.14. The standard InChI is InChI=1S/C31H31N5O3/c1-3-22(2)25-14-16-26(17-15-25)33-27(37)20-36-30(38)28-29(32-21-34(28)18-23-10-6-4-7-11-23)35(31(36)39)19-24-12-8-5-9-13-24/h4-17,21-22H,3,18-20H2,1-2H3,(H,33,37)/t22-/m0/s1. The van der Waals surface area contributed by atoms with Crippen molar-refractivity contribution >= 4 is 22.8 Å². The molecule has 1 N–H and O–H groups in total. The summed E-state index contributed by atoms with van der Waals surface area (Å²) in [6.45, 7) is 4.50. The van der Waals surface area contributed by atoms with Gasteiger partial charge in [0.25, 0.3) is 5.56 Å². The van der Waals surface area contributed by atoms with Crippen LogP contribution in [-0.4, -0.2) is 24.6 Å². The maximum Gasteiger partial charge on any atom is 0.333 e. The Hall–Kier alpha value is -4.72. The molecule has 198 valence electrons. The van der Waals surface area contributed by atoms with Crippen molar-refractivity contribution in [3.8, 4) is 0 Å². The fourth-order valence-electron chi connectivity index (χ4n) is 4.66. The Kier molecular flexibility index (Phi) is 7.54. The molecule has 0 radical (unpaired) electrons. The molecule has 1 amide bonds. The zero-order valence-electron chi connectivity index (χ0n) is 22.1. The zero-order valence-corrected chi connectivity index (χ0v) is 22.1. The summed E-state index contributed by atoms with van der Waals surface area (Å²) in [5.41, 5.74) is 3.12. The smallest absolute Gasteiger partial charge is 0.325 e. The summed E-state index contributed by atoms with van der Waals surface area (Å²) in [5, 5.41) is 2.83. The van der Waals surface area contributed by atoms with E-state index in [0.717, 1.165) is 22.1 Å². The first-order valence-electron chi connectivity index (χ1n) is 13.1. The second kappa shape index (κ2) is 11.3. The molecule has 0 aliphatic carbocycles. The van der Waals surface area contributed by atoms with E-state index in [1.54, 1.807) is 10.9 Å². The molecule has 0 saturated carbocycles. The van der Waals surface area contributed by atoms with Crippen molar-refractivity contribution in [2.45, 2.75) is 45.8 Å². The third-order valence-electron chi connectivity index (χ3n) is 7.04. The van der Waals surface area contributed by atoms with Crippen molar-refractivity contribution in [3.63, 3.8) is 0 Å². The molecular weight excluding hydrogens is 490 g/mol. The van der Waals surface area contributed by atoms with Crippen LogP contribution in [0.15, 0.2) is 101 Å². The highest BCUT2D eigenvalue weighted by molar-refractivity contribution is 5.90. The van der Waals surface area contributed by atoms with Crippen molar-refractivity contribution in [3.05, 3.63) is 129 Å². The molecule has 2 heterocycles. The Morgan fingerprint density at radius 3 is 2.08 bits per heavy atom. The predicted molar refractivity (Wildman–Crippen MR) is 153 cm³/mol. The SMILES string of the molecule is CC[C@H](C)c1ccc(NC(=O)Cn2c(=O)c3c(ncn3Cc3ccccc3)n(Cc3ccccc3)c2=O)cc1. The molecule has 8 nitrogen and oxygen atoms in total. The second-order valence-corrected chi connectivity index (χ2v) is 9.76. The van der Waals surface area contributed by atoms with E-state index in [-0.39, 0.29) is 12.1 Å². The number of rotatable bonds is 9. The average molecular weight is 522 g/mol. The van der Waals surface area contributed by atoms with Gasteiger partial charge in [-0.25, -0.2) is 14.3 Å². The number of nitrogens with zero attached hydrogens (tertiary/aromatic N) is 4. The molecule has 0 bridgehead atoms. The molecule has 1 atom stereocenters. The van der Waals surface area contributed by atoms with Crippen LogP contribution in [-0.2, 0) is 24.4 Å². The van der Waals surface area contributed by atoms with E-state index in [0.29, 0.717) is 23.8 Å². The molecule has 0 saturated heterocycles. The third kappa shape index (κ3) is 5.60. The summed E-state index contributed by atoms with van der Waals surface area (Å²) in [7, 11) is 0. The summed E-state index contributed by atoms with van der Waals surface area (Å²) in [6.07, 6.45) is 2.59. The number of carbonyl (C=O) groups excluding carboxylic acids is 1. The van der Waals surface area contributed by atoms with Gasteiger partial charge in [0.2, 0.25) is 5.91 Å². The Morgan fingerprint density at radius 1 is 0.846 bits per heavy atom. The molecule has 5 rings (SSSR count). The average Bonchev–Trinajstić information content (AvgIpc) is 3.38. The van der Waals surface area contributed by atoms with Crippen LogP contribution in [0.3, 0.4) is 0 Å². The Balaban J connectivity index is 1.52. The van der Waals surface area contributed by atoms with Gasteiger partial charge < -0.3 is 9.88 Å². The monoisotopic (exact) mass is 521 g/mol. The fraction of sp³-hybridized carbons (Fsp3) is 0.226. The van der Waals surface area contributed by atoms with Crippen LogP contribution in [0, 0.1) is 0 Å². The molecule has 0 aliphatic rings. The lowest BCUT2D eigenvalue weighted by atomic mass is 9.99. The molecule has 0 fully saturated rings. The van der Waals surface area contributed by atoms with Crippen LogP contribution < -0.4 is 16.6 Å². The fourth-order valence-corrected chi connectivity index (χ4v) is 4.66. The first-order chi connectivity index (χ1) is 18.9. The maximum atomic E-state index is 13.7. The maximum absolute atomic E-state index is 13.7. The first kappa shape index (κ1) is 25.9. The number of fused-ring (bicyclic) bond motifs is 1. The van der Waals surface area contributed by atoms with E-state index in [1.807, 2.05) is 84.9 Å². The lowest BCUT2D eigenvalue weighted by molar-refractivity contribution is -0.116. The van der Waals surface area contributed by atoms with Crippen LogP contribution in [0.4, 0.5) is 5.69 Å². The summed E-state index contributed by atoms with van der Waals surface area (Å²) >= 11 is 0. The predicted octanol–water partition coefficient (Wildman–Crippen LogP) is 4.61. The van der Waals surface area contributed by atoms with E-state index in [9.17, 15) is 14.4 Å². The number of carbonyl (C=O) groups is 1. The minimum absolute atomic E-state index is 0.220. The third-order valence-corrected chi connectivity index (χ3v) is 7.04. The number of imidazole rings is 1. The highest BCUT2D eigenvalue weighted by Crippen LogP contribution is 2.20. The molecule has 0 spiro atoms. The summed E-state index contributed by atoms with van der Waals surface area (Å²) in [4.78, 5) is 44.8. The van der Waals surface area contributed by atoms with Crippen molar-refractivity contribution in [2.24, 2.45) is 0 Å². The van der Waals surface area contributed by atoms with Gasteiger partial charge in [-0.05, 0) is 41.2 Å². The van der Waals surface area contributed by atoms with Crippen molar-refractivity contribution in [1.82, 2.24) is 18.7 Å². The van der Waals surface area contributed by atoms with Gasteiger partial charge in [-0.1, -0.05) is 86.6 Å². The van der Waals surface area contributed by atoms with Crippen molar-refractivity contribution < 1.29 is 4.79 Å². The van der Waals surface area contributed by atoms with E-state index in [1.165, 1.54) is 10.1 Å². The highest BCUT2D eigenvalue weighted by Gasteiger charge is 2.20. The van der Waals surface area contributed by atoms with Crippen LogP contribution in [0.2, 0.25) is 0 Å². The number of hydrogen-bond donors (Lipinski definition) is 1. The molecule has 5 aromatic rings. The van der Waals surface area contributed by atoms with Gasteiger partial charge in [-0.3, -0.25) is 14.2 Å². The number of benzene rings is 3. The van der Waals surface area contributed by atoms with Crippen LogP contribution >= 0.6 is 0 Å². The van der Waals surface area contributed by atoms with Gasteiger partial charge in [0.05, 0.1) is 12.9 Å². The zero-order chi connectivity index (χ0) is 27.4. The number of nitrogens with one attached hydrogen (secondary N) is 1. The van der Waals surface area contributed by atoms with Crippen molar-refractivity contribution in [2.75, 3.05) is 5.32 Å². The normalized spacial score (nSPS) is 11.9. The van der Waals surface area contributed by atoms with Gasteiger partial charge in [0.1, 0.15) is 6.54 Å². The molecule has 2 aromatic heterocycles. The lowest BCUT2D eigenvalue weighted by Crippen LogP contribution is -2.43. The summed E-state index contributed by atoms with van der Waals surface area (Å²) in [6, 6.07) is 26.9. The topological polar surface area (TPSA) is 90.9 Å². The Labute approximate surface area is 226 Å². The number of aromatic nitrogens is 4. The highest BCUT2D eigenvalue weighted by atomic mass is 16.2.